The van der Waals surface area contributed by atoms with E-state index in [1.54, 1.807) is 9.80 Å². The van der Waals surface area contributed by atoms with Crippen LogP contribution in [-0.2, 0) is 11.2 Å². The van der Waals surface area contributed by atoms with Crippen molar-refractivity contribution in [1.29, 1.82) is 0 Å². The third-order valence-corrected chi connectivity index (χ3v) is 5.62. The average molecular weight is 419 g/mol. The van der Waals surface area contributed by atoms with Crippen molar-refractivity contribution in [2.75, 3.05) is 26.2 Å². The summed E-state index contributed by atoms with van der Waals surface area (Å²) in [5.74, 6) is 0.713. The Balaban J connectivity index is 1.53. The van der Waals surface area contributed by atoms with Gasteiger partial charge in [0.15, 0.2) is 0 Å². The smallest absolute Gasteiger partial charge is 0.318 e. The molecule has 0 spiro atoms. The molecule has 156 valence electrons. The maximum absolute atomic E-state index is 12.7. The quantitative estimate of drug-likeness (QED) is 0.806. The van der Waals surface area contributed by atoms with Gasteiger partial charge in [-0.25, -0.2) is 4.79 Å². The lowest BCUT2D eigenvalue weighted by atomic mass is 10.0. The van der Waals surface area contributed by atoms with Crippen molar-refractivity contribution < 1.29 is 14.1 Å². The molecule has 2 heterocycles. The zero-order valence-corrected chi connectivity index (χ0v) is 17.8. The Hall–Kier alpha value is -2.54. The standard InChI is InChI=1S/C21H27ClN4O3/c1-4-19(16-6-5-7-17(22)12-16)23-21(28)26-10-8-25(9-11-26)20(27)13-18-14(2)24-29-15(18)3/h5-7,12,19H,4,8-11,13H2,1-3H3,(H,23,28). The molecule has 1 N–H and O–H groups in total. The molecule has 0 saturated carbocycles. The molecule has 1 atom stereocenters. The van der Waals surface area contributed by atoms with E-state index in [4.69, 9.17) is 16.1 Å². The van der Waals surface area contributed by atoms with Gasteiger partial charge in [0.2, 0.25) is 5.91 Å². The fourth-order valence-electron chi connectivity index (χ4n) is 3.56. The monoisotopic (exact) mass is 418 g/mol. The summed E-state index contributed by atoms with van der Waals surface area (Å²) >= 11 is 6.08. The minimum Gasteiger partial charge on any atom is -0.361 e. The molecule has 1 aliphatic rings. The summed E-state index contributed by atoms with van der Waals surface area (Å²) in [5.41, 5.74) is 2.59. The second kappa shape index (κ2) is 9.31. The van der Waals surface area contributed by atoms with Gasteiger partial charge in [-0.1, -0.05) is 35.8 Å². The van der Waals surface area contributed by atoms with Crippen LogP contribution in [0.15, 0.2) is 28.8 Å². The summed E-state index contributed by atoms with van der Waals surface area (Å²) in [5, 5.41) is 7.63. The average Bonchev–Trinajstić information content (AvgIpc) is 3.04. The SMILES string of the molecule is CCC(NC(=O)N1CCN(C(=O)Cc2c(C)noc2C)CC1)c1cccc(Cl)c1. The summed E-state index contributed by atoms with van der Waals surface area (Å²) in [7, 11) is 0. The van der Waals surface area contributed by atoms with Crippen LogP contribution in [0.1, 0.15) is 42.0 Å². The number of urea groups is 1. The Kier molecular flexibility index (Phi) is 6.79. The molecule has 29 heavy (non-hydrogen) atoms. The van der Waals surface area contributed by atoms with Gasteiger partial charge in [-0.15, -0.1) is 0 Å². The number of nitrogens with one attached hydrogen (secondary N) is 1. The summed E-state index contributed by atoms with van der Waals surface area (Å²) in [6.07, 6.45) is 1.04. The van der Waals surface area contributed by atoms with Crippen LogP contribution in [-0.4, -0.2) is 53.1 Å². The Morgan fingerprint density at radius 3 is 2.48 bits per heavy atom. The fraction of sp³-hybridized carbons (Fsp3) is 0.476. The number of benzene rings is 1. The number of amides is 3. The van der Waals surface area contributed by atoms with Crippen molar-refractivity contribution >= 4 is 23.5 Å². The van der Waals surface area contributed by atoms with Gasteiger partial charge < -0.3 is 19.6 Å². The van der Waals surface area contributed by atoms with E-state index in [1.165, 1.54) is 0 Å². The lowest BCUT2D eigenvalue weighted by Crippen LogP contribution is -2.53. The molecule has 3 amide bonds. The van der Waals surface area contributed by atoms with Gasteiger partial charge in [0, 0.05) is 36.8 Å². The van der Waals surface area contributed by atoms with E-state index in [0.29, 0.717) is 37.0 Å². The molecule has 0 radical (unpaired) electrons. The number of hydrogen-bond donors (Lipinski definition) is 1. The number of aromatic nitrogens is 1. The fourth-order valence-corrected chi connectivity index (χ4v) is 3.76. The first-order chi connectivity index (χ1) is 13.9. The molecule has 1 aromatic heterocycles. The van der Waals surface area contributed by atoms with E-state index in [-0.39, 0.29) is 24.4 Å². The van der Waals surface area contributed by atoms with E-state index < -0.39 is 0 Å². The van der Waals surface area contributed by atoms with Crippen molar-refractivity contribution in [2.45, 2.75) is 39.7 Å². The normalized spacial score (nSPS) is 15.3. The molecular formula is C21H27ClN4O3. The van der Waals surface area contributed by atoms with Crippen LogP contribution in [0.5, 0.6) is 0 Å². The van der Waals surface area contributed by atoms with Crippen LogP contribution < -0.4 is 5.32 Å². The Morgan fingerprint density at radius 2 is 1.90 bits per heavy atom. The maximum atomic E-state index is 12.7. The van der Waals surface area contributed by atoms with Crippen molar-refractivity contribution in [2.24, 2.45) is 0 Å². The third-order valence-electron chi connectivity index (χ3n) is 5.39. The Labute approximate surface area is 176 Å². The number of piperazine rings is 1. The molecule has 1 aliphatic heterocycles. The van der Waals surface area contributed by atoms with E-state index in [0.717, 1.165) is 23.2 Å². The Morgan fingerprint density at radius 1 is 1.21 bits per heavy atom. The lowest BCUT2D eigenvalue weighted by molar-refractivity contribution is -0.131. The Bertz CT molecular complexity index is 855. The van der Waals surface area contributed by atoms with Crippen LogP contribution in [0, 0.1) is 13.8 Å². The number of halogens is 1. The molecule has 1 fully saturated rings. The van der Waals surface area contributed by atoms with Crippen LogP contribution in [0.3, 0.4) is 0 Å². The highest BCUT2D eigenvalue weighted by Crippen LogP contribution is 2.21. The molecule has 1 saturated heterocycles. The first-order valence-corrected chi connectivity index (χ1v) is 10.3. The molecule has 2 aromatic rings. The number of carbonyl (C=O) groups excluding carboxylic acids is 2. The molecule has 0 aliphatic carbocycles. The van der Waals surface area contributed by atoms with E-state index in [9.17, 15) is 9.59 Å². The van der Waals surface area contributed by atoms with Crippen LogP contribution in [0.4, 0.5) is 4.79 Å². The number of nitrogens with zero attached hydrogens (tertiary/aromatic N) is 3. The lowest BCUT2D eigenvalue weighted by Gasteiger charge is -2.35. The van der Waals surface area contributed by atoms with Gasteiger partial charge >= 0.3 is 6.03 Å². The molecule has 1 aromatic carbocycles. The molecule has 3 rings (SSSR count). The van der Waals surface area contributed by atoms with Crippen molar-refractivity contribution in [3.05, 3.63) is 51.9 Å². The molecule has 0 bridgehead atoms. The van der Waals surface area contributed by atoms with Gasteiger partial charge in [0.05, 0.1) is 18.2 Å². The molecule has 8 heteroatoms. The predicted molar refractivity (Wildman–Crippen MR) is 111 cm³/mol. The highest BCUT2D eigenvalue weighted by Gasteiger charge is 2.26. The second-order valence-electron chi connectivity index (χ2n) is 7.31. The summed E-state index contributed by atoms with van der Waals surface area (Å²) in [6.45, 7) is 7.72. The van der Waals surface area contributed by atoms with Gasteiger partial charge in [0.25, 0.3) is 0 Å². The van der Waals surface area contributed by atoms with Gasteiger partial charge in [0.1, 0.15) is 5.76 Å². The zero-order chi connectivity index (χ0) is 21.0. The minimum absolute atomic E-state index is 0.0322. The topological polar surface area (TPSA) is 78.7 Å². The highest BCUT2D eigenvalue weighted by molar-refractivity contribution is 6.30. The van der Waals surface area contributed by atoms with Crippen LogP contribution in [0.2, 0.25) is 5.02 Å². The van der Waals surface area contributed by atoms with Crippen molar-refractivity contribution in [3.63, 3.8) is 0 Å². The zero-order valence-electron chi connectivity index (χ0n) is 17.1. The maximum Gasteiger partial charge on any atom is 0.318 e. The van der Waals surface area contributed by atoms with E-state index in [1.807, 2.05) is 45.0 Å². The summed E-state index contributed by atoms with van der Waals surface area (Å²) < 4.78 is 5.13. The second-order valence-corrected chi connectivity index (χ2v) is 7.75. The number of rotatable bonds is 5. The number of aryl methyl sites for hydroxylation is 2. The van der Waals surface area contributed by atoms with Gasteiger partial charge in [-0.05, 0) is 38.0 Å². The first kappa shape index (κ1) is 21.2. The van der Waals surface area contributed by atoms with Crippen LogP contribution in [0.25, 0.3) is 0 Å². The number of hydrogen-bond acceptors (Lipinski definition) is 4. The largest absolute Gasteiger partial charge is 0.361 e. The van der Waals surface area contributed by atoms with Gasteiger partial charge in [-0.3, -0.25) is 4.79 Å². The summed E-state index contributed by atoms with van der Waals surface area (Å²) in [4.78, 5) is 28.9. The third kappa shape index (κ3) is 5.09. The van der Waals surface area contributed by atoms with Crippen molar-refractivity contribution in [1.82, 2.24) is 20.3 Å². The highest BCUT2D eigenvalue weighted by atomic mass is 35.5. The molecule has 7 nitrogen and oxygen atoms in total. The molecular weight excluding hydrogens is 392 g/mol. The first-order valence-electron chi connectivity index (χ1n) is 9.89. The predicted octanol–water partition coefficient (Wildman–Crippen LogP) is 3.49. The van der Waals surface area contributed by atoms with E-state index in [2.05, 4.69) is 10.5 Å². The van der Waals surface area contributed by atoms with E-state index >= 15 is 0 Å². The summed E-state index contributed by atoms with van der Waals surface area (Å²) in [6, 6.07) is 7.33. The molecule has 1 unspecified atom stereocenters. The minimum atomic E-state index is -0.116. The number of carbonyl (C=O) groups is 2. The van der Waals surface area contributed by atoms with Crippen molar-refractivity contribution in [3.8, 4) is 0 Å². The van der Waals surface area contributed by atoms with Crippen LogP contribution >= 0.6 is 11.6 Å². The van der Waals surface area contributed by atoms with Gasteiger partial charge in [-0.2, -0.15) is 0 Å².